The number of piperazine rings is 1. The molecule has 3 aromatic rings. The SMILES string of the molecule is N#Cc1ccc(S(=O)(=O)N2CCN(C(=O)CCn3ccc4ccccc43)CC2)cc1. The van der Waals surface area contributed by atoms with E-state index in [4.69, 9.17) is 5.26 Å². The average molecular weight is 423 g/mol. The normalized spacial score (nSPS) is 15.2. The van der Waals surface area contributed by atoms with Crippen LogP contribution in [0.1, 0.15) is 12.0 Å². The van der Waals surface area contributed by atoms with Crippen molar-refractivity contribution in [3.8, 4) is 6.07 Å². The summed E-state index contributed by atoms with van der Waals surface area (Å²) in [6, 6.07) is 18.0. The first-order valence-corrected chi connectivity index (χ1v) is 11.2. The Morgan fingerprint density at radius 3 is 2.37 bits per heavy atom. The van der Waals surface area contributed by atoms with Crippen molar-refractivity contribution < 1.29 is 13.2 Å². The third kappa shape index (κ3) is 3.95. The van der Waals surface area contributed by atoms with Crippen molar-refractivity contribution in [3.63, 3.8) is 0 Å². The van der Waals surface area contributed by atoms with E-state index in [1.165, 1.54) is 28.6 Å². The molecule has 1 aliphatic rings. The van der Waals surface area contributed by atoms with Gasteiger partial charge in [-0.2, -0.15) is 9.57 Å². The maximum atomic E-state index is 12.8. The first-order valence-electron chi connectivity index (χ1n) is 9.81. The van der Waals surface area contributed by atoms with Gasteiger partial charge in [-0.15, -0.1) is 0 Å². The van der Waals surface area contributed by atoms with Crippen LogP contribution in [0.25, 0.3) is 10.9 Å². The van der Waals surface area contributed by atoms with Crippen LogP contribution in [0.15, 0.2) is 65.7 Å². The molecule has 154 valence electrons. The second-order valence-corrected chi connectivity index (χ2v) is 9.18. The largest absolute Gasteiger partial charge is 0.347 e. The Bertz CT molecular complexity index is 1200. The van der Waals surface area contributed by atoms with Gasteiger partial charge in [-0.25, -0.2) is 8.42 Å². The van der Waals surface area contributed by atoms with E-state index in [-0.39, 0.29) is 23.9 Å². The topological polar surface area (TPSA) is 86.4 Å². The second-order valence-electron chi connectivity index (χ2n) is 7.24. The van der Waals surface area contributed by atoms with E-state index >= 15 is 0 Å². The Kier molecular flexibility index (Phi) is 5.57. The molecule has 1 aromatic heterocycles. The number of benzene rings is 2. The lowest BCUT2D eigenvalue weighted by Crippen LogP contribution is -2.50. The summed E-state index contributed by atoms with van der Waals surface area (Å²) in [6.45, 7) is 1.87. The molecule has 0 saturated carbocycles. The van der Waals surface area contributed by atoms with Gasteiger partial charge in [-0.3, -0.25) is 4.79 Å². The van der Waals surface area contributed by atoms with Crippen molar-refractivity contribution in [1.29, 1.82) is 5.26 Å². The minimum absolute atomic E-state index is 0.0307. The van der Waals surface area contributed by atoms with E-state index in [0.717, 1.165) is 10.9 Å². The first-order chi connectivity index (χ1) is 14.5. The molecule has 8 heteroatoms. The number of amides is 1. The fourth-order valence-corrected chi connectivity index (χ4v) is 5.16. The number of para-hydroxylation sites is 1. The lowest BCUT2D eigenvalue weighted by Gasteiger charge is -2.34. The van der Waals surface area contributed by atoms with Gasteiger partial charge in [0, 0.05) is 50.9 Å². The fourth-order valence-electron chi connectivity index (χ4n) is 3.74. The van der Waals surface area contributed by atoms with Gasteiger partial charge in [-0.1, -0.05) is 18.2 Å². The van der Waals surface area contributed by atoms with Gasteiger partial charge in [-0.05, 0) is 41.8 Å². The summed E-state index contributed by atoms with van der Waals surface area (Å²) in [4.78, 5) is 14.5. The molecule has 2 aromatic carbocycles. The van der Waals surface area contributed by atoms with Gasteiger partial charge >= 0.3 is 0 Å². The van der Waals surface area contributed by atoms with Crippen molar-refractivity contribution in [1.82, 2.24) is 13.8 Å². The lowest BCUT2D eigenvalue weighted by atomic mass is 10.2. The summed E-state index contributed by atoms with van der Waals surface area (Å²) >= 11 is 0. The summed E-state index contributed by atoms with van der Waals surface area (Å²) in [5, 5.41) is 10.0. The lowest BCUT2D eigenvalue weighted by molar-refractivity contribution is -0.132. The average Bonchev–Trinajstić information content (AvgIpc) is 3.20. The maximum Gasteiger partial charge on any atom is 0.243 e. The molecule has 0 spiro atoms. The number of aromatic nitrogens is 1. The number of sulfonamides is 1. The standard InChI is InChI=1S/C22H22N4O3S/c23-17-18-5-7-20(8-6-18)30(28,29)26-15-13-25(14-16-26)22(27)10-12-24-11-9-19-3-1-2-4-21(19)24/h1-9,11H,10,12-16H2. The van der Waals surface area contributed by atoms with Gasteiger partial charge in [0.05, 0.1) is 16.5 Å². The van der Waals surface area contributed by atoms with Gasteiger partial charge in [0.15, 0.2) is 0 Å². The number of rotatable bonds is 5. The molecule has 1 amide bonds. The highest BCUT2D eigenvalue weighted by molar-refractivity contribution is 7.89. The Morgan fingerprint density at radius 2 is 1.67 bits per heavy atom. The highest BCUT2D eigenvalue weighted by Crippen LogP contribution is 2.19. The van der Waals surface area contributed by atoms with Crippen molar-refractivity contribution in [2.75, 3.05) is 26.2 Å². The molecule has 0 N–H and O–H groups in total. The molecule has 0 aliphatic carbocycles. The van der Waals surface area contributed by atoms with E-state index < -0.39 is 10.0 Å². The minimum atomic E-state index is -3.63. The number of carbonyl (C=O) groups excluding carboxylic acids is 1. The molecule has 1 fully saturated rings. The molecule has 1 aliphatic heterocycles. The summed E-state index contributed by atoms with van der Waals surface area (Å²) < 4.78 is 29.1. The summed E-state index contributed by atoms with van der Waals surface area (Å²) in [5.41, 5.74) is 1.52. The van der Waals surface area contributed by atoms with Gasteiger partial charge in [0.1, 0.15) is 0 Å². The van der Waals surface area contributed by atoms with Crippen molar-refractivity contribution in [2.24, 2.45) is 0 Å². The molecular weight excluding hydrogens is 400 g/mol. The van der Waals surface area contributed by atoms with Gasteiger partial charge in [0.2, 0.25) is 15.9 Å². The zero-order valence-electron chi connectivity index (χ0n) is 16.4. The van der Waals surface area contributed by atoms with E-state index in [9.17, 15) is 13.2 Å². The van der Waals surface area contributed by atoms with Crippen LogP contribution in [-0.4, -0.2) is 54.3 Å². The number of nitrogens with zero attached hydrogens (tertiary/aromatic N) is 4. The van der Waals surface area contributed by atoms with Crippen LogP contribution in [0.4, 0.5) is 0 Å². The highest BCUT2D eigenvalue weighted by atomic mass is 32.2. The van der Waals surface area contributed by atoms with Crippen molar-refractivity contribution in [3.05, 3.63) is 66.4 Å². The zero-order chi connectivity index (χ0) is 21.1. The number of carbonyl (C=O) groups is 1. The Morgan fingerprint density at radius 1 is 0.967 bits per heavy atom. The summed E-state index contributed by atoms with van der Waals surface area (Å²) in [6.07, 6.45) is 2.36. The molecule has 0 unspecified atom stereocenters. The summed E-state index contributed by atoms with van der Waals surface area (Å²) in [5.74, 6) is 0.0307. The number of hydrogen-bond donors (Lipinski definition) is 0. The van der Waals surface area contributed by atoms with E-state index in [1.807, 2.05) is 42.6 Å². The predicted molar refractivity (Wildman–Crippen MR) is 113 cm³/mol. The van der Waals surface area contributed by atoms with Gasteiger partial charge in [0.25, 0.3) is 0 Å². The van der Waals surface area contributed by atoms with Crippen molar-refractivity contribution in [2.45, 2.75) is 17.9 Å². The molecule has 2 heterocycles. The fraction of sp³-hybridized carbons (Fsp3) is 0.273. The first kappa shape index (κ1) is 20.1. The Balaban J connectivity index is 1.34. The van der Waals surface area contributed by atoms with Crippen LogP contribution in [-0.2, 0) is 21.4 Å². The second kappa shape index (κ2) is 8.30. The Hall–Kier alpha value is -3.15. The van der Waals surface area contributed by atoms with E-state index in [1.54, 1.807) is 4.90 Å². The number of hydrogen-bond acceptors (Lipinski definition) is 4. The van der Waals surface area contributed by atoms with Crippen LogP contribution < -0.4 is 0 Å². The molecule has 4 rings (SSSR count). The molecule has 0 atom stereocenters. The molecule has 1 saturated heterocycles. The van der Waals surface area contributed by atoms with E-state index in [0.29, 0.717) is 31.6 Å². The monoisotopic (exact) mass is 422 g/mol. The van der Waals surface area contributed by atoms with Crippen LogP contribution in [0.2, 0.25) is 0 Å². The van der Waals surface area contributed by atoms with Crippen LogP contribution in [0.3, 0.4) is 0 Å². The van der Waals surface area contributed by atoms with Crippen molar-refractivity contribution >= 4 is 26.8 Å². The number of fused-ring (bicyclic) bond motifs is 1. The summed E-state index contributed by atoms with van der Waals surface area (Å²) in [7, 11) is -3.63. The third-order valence-corrected chi connectivity index (χ3v) is 7.37. The molecule has 30 heavy (non-hydrogen) atoms. The van der Waals surface area contributed by atoms with Crippen LogP contribution in [0.5, 0.6) is 0 Å². The molecule has 0 bridgehead atoms. The number of nitriles is 1. The maximum absolute atomic E-state index is 12.8. The molecule has 7 nitrogen and oxygen atoms in total. The smallest absolute Gasteiger partial charge is 0.243 e. The Labute approximate surface area is 175 Å². The molecular formula is C22H22N4O3S. The van der Waals surface area contributed by atoms with Crippen LogP contribution >= 0.6 is 0 Å². The quantitative estimate of drug-likeness (QED) is 0.632. The van der Waals surface area contributed by atoms with Gasteiger partial charge < -0.3 is 9.47 Å². The van der Waals surface area contributed by atoms with E-state index in [2.05, 4.69) is 4.57 Å². The van der Waals surface area contributed by atoms with Crippen LogP contribution in [0, 0.1) is 11.3 Å². The predicted octanol–water partition coefficient (Wildman–Crippen LogP) is 2.44. The molecule has 0 radical (unpaired) electrons. The third-order valence-electron chi connectivity index (χ3n) is 5.46. The zero-order valence-corrected chi connectivity index (χ0v) is 17.3. The minimum Gasteiger partial charge on any atom is -0.347 e. The number of aryl methyl sites for hydroxylation is 1. The highest BCUT2D eigenvalue weighted by Gasteiger charge is 2.30.